The van der Waals surface area contributed by atoms with Crippen LogP contribution in [0.4, 0.5) is 0 Å². The molecule has 0 atom stereocenters. The standard InChI is InChI=1S/C9H11ClO5S2/c1-6-4-7(15-2)9(17(10,13)14)5-8(6)16(3,11)12/h4-5H,1-3H3. The average molecular weight is 299 g/mol. The molecule has 0 fully saturated rings. The van der Waals surface area contributed by atoms with Gasteiger partial charge in [0.25, 0.3) is 9.05 Å². The summed E-state index contributed by atoms with van der Waals surface area (Å²) in [4.78, 5) is -0.440. The van der Waals surface area contributed by atoms with Crippen molar-refractivity contribution < 1.29 is 21.6 Å². The first-order valence-corrected chi connectivity index (χ1v) is 8.61. The lowest BCUT2D eigenvalue weighted by molar-refractivity contribution is 0.402. The van der Waals surface area contributed by atoms with Crippen LogP contribution < -0.4 is 4.74 Å². The van der Waals surface area contributed by atoms with Gasteiger partial charge in [-0.1, -0.05) is 0 Å². The number of methoxy groups -OCH3 is 1. The highest BCUT2D eigenvalue weighted by molar-refractivity contribution is 8.13. The number of halogens is 1. The van der Waals surface area contributed by atoms with E-state index in [1.165, 1.54) is 13.2 Å². The lowest BCUT2D eigenvalue weighted by atomic mass is 10.2. The van der Waals surface area contributed by atoms with E-state index < -0.39 is 18.9 Å². The number of aryl methyl sites for hydroxylation is 1. The maximum atomic E-state index is 11.5. The van der Waals surface area contributed by atoms with E-state index >= 15 is 0 Å². The smallest absolute Gasteiger partial charge is 0.265 e. The molecule has 0 heterocycles. The van der Waals surface area contributed by atoms with Crippen molar-refractivity contribution in [3.05, 3.63) is 17.7 Å². The highest BCUT2D eigenvalue weighted by Gasteiger charge is 2.22. The lowest BCUT2D eigenvalue weighted by Gasteiger charge is -2.10. The van der Waals surface area contributed by atoms with Crippen LogP contribution in [0.25, 0.3) is 0 Å². The summed E-state index contributed by atoms with van der Waals surface area (Å²) >= 11 is 0. The second-order valence-electron chi connectivity index (χ2n) is 3.48. The molecule has 0 saturated carbocycles. The van der Waals surface area contributed by atoms with Gasteiger partial charge in [-0.15, -0.1) is 0 Å². The molecule has 0 aliphatic heterocycles. The topological polar surface area (TPSA) is 77.5 Å². The maximum Gasteiger partial charge on any atom is 0.265 e. The van der Waals surface area contributed by atoms with Crippen molar-refractivity contribution in [1.82, 2.24) is 0 Å². The zero-order valence-electron chi connectivity index (χ0n) is 9.39. The fraction of sp³-hybridized carbons (Fsp3) is 0.333. The Morgan fingerprint density at radius 3 is 2.00 bits per heavy atom. The number of benzene rings is 1. The molecule has 0 amide bonds. The predicted molar refractivity (Wildman–Crippen MR) is 63.9 cm³/mol. The summed E-state index contributed by atoms with van der Waals surface area (Å²) in [7, 11) is -1.09. The summed E-state index contributed by atoms with van der Waals surface area (Å²) in [5, 5.41) is 0. The SMILES string of the molecule is COc1cc(C)c(S(C)(=O)=O)cc1S(=O)(=O)Cl. The van der Waals surface area contributed by atoms with Gasteiger partial charge in [0.05, 0.1) is 12.0 Å². The number of hydrogen-bond acceptors (Lipinski definition) is 5. The molecule has 0 aromatic heterocycles. The minimum Gasteiger partial charge on any atom is -0.495 e. The van der Waals surface area contributed by atoms with E-state index in [-0.39, 0.29) is 15.5 Å². The van der Waals surface area contributed by atoms with E-state index in [9.17, 15) is 16.8 Å². The van der Waals surface area contributed by atoms with E-state index in [0.29, 0.717) is 5.56 Å². The molecule has 0 bridgehead atoms. The Morgan fingerprint density at radius 2 is 1.65 bits per heavy atom. The van der Waals surface area contributed by atoms with Crippen molar-refractivity contribution in [2.75, 3.05) is 13.4 Å². The molecule has 17 heavy (non-hydrogen) atoms. The molecule has 0 radical (unpaired) electrons. The van der Waals surface area contributed by atoms with Crippen molar-refractivity contribution in [2.24, 2.45) is 0 Å². The Bertz CT molecular complexity index is 646. The average Bonchev–Trinajstić information content (AvgIpc) is 2.13. The van der Waals surface area contributed by atoms with Crippen LogP contribution in [-0.4, -0.2) is 30.2 Å². The van der Waals surface area contributed by atoms with Gasteiger partial charge in [-0.05, 0) is 24.6 Å². The van der Waals surface area contributed by atoms with Crippen LogP contribution in [0.3, 0.4) is 0 Å². The van der Waals surface area contributed by atoms with Gasteiger partial charge in [0.1, 0.15) is 10.6 Å². The summed E-state index contributed by atoms with van der Waals surface area (Å²) in [6, 6.07) is 2.33. The first-order valence-electron chi connectivity index (χ1n) is 4.40. The Kier molecular flexibility index (Phi) is 3.75. The summed E-state index contributed by atoms with van der Waals surface area (Å²) in [6.07, 6.45) is 0.992. The Morgan fingerprint density at radius 1 is 1.12 bits per heavy atom. The molecular weight excluding hydrogens is 288 g/mol. The van der Waals surface area contributed by atoms with Crippen molar-refractivity contribution in [3.63, 3.8) is 0 Å². The molecule has 5 nitrogen and oxygen atoms in total. The number of hydrogen-bond donors (Lipinski definition) is 0. The molecule has 8 heteroatoms. The summed E-state index contributed by atoms with van der Waals surface area (Å²) in [5.74, 6) is 0.0184. The summed E-state index contributed by atoms with van der Waals surface area (Å²) < 4.78 is 50.4. The van der Waals surface area contributed by atoms with Gasteiger partial charge in [-0.25, -0.2) is 16.8 Å². The highest BCUT2D eigenvalue weighted by atomic mass is 35.7. The zero-order chi connectivity index (χ0) is 13.4. The second kappa shape index (κ2) is 4.47. The Labute approximate surface area is 105 Å². The molecule has 1 rings (SSSR count). The third-order valence-corrected chi connectivity index (χ3v) is 4.71. The number of rotatable bonds is 3. The van der Waals surface area contributed by atoms with Crippen molar-refractivity contribution in [1.29, 1.82) is 0 Å². The molecule has 96 valence electrons. The second-order valence-corrected chi connectivity index (χ2v) is 8.00. The molecular formula is C9H11ClO5S2. The minimum atomic E-state index is -4.06. The van der Waals surface area contributed by atoms with E-state index in [4.69, 9.17) is 15.4 Å². The third-order valence-electron chi connectivity index (χ3n) is 2.12. The predicted octanol–water partition coefficient (Wildman–Crippen LogP) is 1.33. The van der Waals surface area contributed by atoms with Crippen LogP contribution >= 0.6 is 10.7 Å². The largest absolute Gasteiger partial charge is 0.495 e. The van der Waals surface area contributed by atoms with Crippen LogP contribution in [0.1, 0.15) is 5.56 Å². The van der Waals surface area contributed by atoms with Gasteiger partial charge < -0.3 is 4.74 Å². The third kappa shape index (κ3) is 3.11. The number of sulfone groups is 1. The fourth-order valence-corrected chi connectivity index (χ4v) is 3.45. The Balaban J connectivity index is 3.73. The van der Waals surface area contributed by atoms with Crippen molar-refractivity contribution in [3.8, 4) is 5.75 Å². The van der Waals surface area contributed by atoms with E-state index in [1.807, 2.05) is 0 Å². The summed E-state index contributed by atoms with van der Waals surface area (Å²) in [6.45, 7) is 1.55. The normalized spacial score (nSPS) is 12.5. The van der Waals surface area contributed by atoms with E-state index in [2.05, 4.69) is 0 Å². The molecule has 0 saturated heterocycles. The monoisotopic (exact) mass is 298 g/mol. The van der Waals surface area contributed by atoms with E-state index in [0.717, 1.165) is 12.3 Å². The van der Waals surface area contributed by atoms with E-state index in [1.54, 1.807) is 6.92 Å². The molecule has 0 N–H and O–H groups in total. The maximum absolute atomic E-state index is 11.5. The van der Waals surface area contributed by atoms with Gasteiger partial charge in [0.2, 0.25) is 0 Å². The molecule has 0 spiro atoms. The van der Waals surface area contributed by atoms with Gasteiger partial charge >= 0.3 is 0 Å². The minimum absolute atomic E-state index is 0.0184. The molecule has 0 unspecified atom stereocenters. The Hall–Kier alpha value is -0.790. The quantitative estimate of drug-likeness (QED) is 0.787. The summed E-state index contributed by atoms with van der Waals surface area (Å²) in [5.41, 5.74) is 0.397. The fourth-order valence-electron chi connectivity index (χ4n) is 1.39. The zero-order valence-corrected chi connectivity index (χ0v) is 11.8. The molecule has 1 aromatic rings. The lowest BCUT2D eigenvalue weighted by Crippen LogP contribution is -2.04. The first-order chi connectivity index (χ1) is 7.57. The molecule has 0 aliphatic carbocycles. The van der Waals surface area contributed by atoms with Gasteiger partial charge in [0, 0.05) is 16.9 Å². The molecule has 0 aliphatic rings. The van der Waals surface area contributed by atoms with Gasteiger partial charge in [-0.2, -0.15) is 0 Å². The van der Waals surface area contributed by atoms with Gasteiger partial charge in [0.15, 0.2) is 9.84 Å². The van der Waals surface area contributed by atoms with Crippen molar-refractivity contribution in [2.45, 2.75) is 16.7 Å². The van der Waals surface area contributed by atoms with Gasteiger partial charge in [-0.3, -0.25) is 0 Å². The highest BCUT2D eigenvalue weighted by Crippen LogP contribution is 2.31. The molecule has 1 aromatic carbocycles. The van der Waals surface area contributed by atoms with Crippen LogP contribution in [0.2, 0.25) is 0 Å². The van der Waals surface area contributed by atoms with Crippen LogP contribution in [0.15, 0.2) is 21.9 Å². The number of ether oxygens (including phenoxy) is 1. The van der Waals surface area contributed by atoms with Crippen molar-refractivity contribution >= 4 is 29.6 Å². The van der Waals surface area contributed by atoms with Crippen LogP contribution in [0, 0.1) is 6.92 Å². The first kappa shape index (κ1) is 14.3. The van der Waals surface area contributed by atoms with Crippen LogP contribution in [0.5, 0.6) is 5.75 Å². The van der Waals surface area contributed by atoms with Crippen LogP contribution in [-0.2, 0) is 18.9 Å².